The molecule has 0 aliphatic rings. The quantitative estimate of drug-likeness (QED) is 0.468. The monoisotopic (exact) mass is 387 g/mol. The van der Waals surface area contributed by atoms with Crippen LogP contribution < -0.4 is 0 Å². The highest BCUT2D eigenvalue weighted by atomic mass is 35.5. The zero-order valence-corrected chi connectivity index (χ0v) is 16.3. The number of aryl methyl sites for hydroxylation is 2. The van der Waals surface area contributed by atoms with Gasteiger partial charge < -0.3 is 9.30 Å². The van der Waals surface area contributed by atoms with Crippen LogP contribution in [0, 0.1) is 13.8 Å². The summed E-state index contributed by atoms with van der Waals surface area (Å²) in [6.07, 6.45) is 0.160. The lowest BCUT2D eigenvalue weighted by Crippen LogP contribution is -2.03. The average molecular weight is 388 g/mol. The highest BCUT2D eigenvalue weighted by Gasteiger charge is 2.17. The fourth-order valence-electron chi connectivity index (χ4n) is 2.85. The molecule has 6 heteroatoms. The van der Waals surface area contributed by atoms with Crippen LogP contribution in [0.2, 0.25) is 5.02 Å². The molecule has 4 nitrogen and oxygen atoms in total. The molecule has 0 aliphatic carbocycles. The number of thiophene rings is 1. The van der Waals surface area contributed by atoms with Gasteiger partial charge in [0.1, 0.15) is 0 Å². The highest BCUT2D eigenvalue weighted by Crippen LogP contribution is 2.27. The van der Waals surface area contributed by atoms with Crippen LogP contribution in [-0.4, -0.2) is 23.4 Å². The number of halogens is 1. The zero-order chi connectivity index (χ0) is 18.8. The Morgan fingerprint density at radius 3 is 2.38 bits per heavy atom. The molecule has 1 aromatic carbocycles. The van der Waals surface area contributed by atoms with Crippen molar-refractivity contribution in [1.82, 2.24) is 4.57 Å². The van der Waals surface area contributed by atoms with E-state index in [2.05, 4.69) is 9.30 Å². The molecule has 2 aromatic heterocycles. The molecule has 3 rings (SSSR count). The van der Waals surface area contributed by atoms with E-state index in [0.717, 1.165) is 22.0 Å². The molecule has 0 unspecified atom stereocenters. The lowest BCUT2D eigenvalue weighted by atomic mass is 10.1. The molecule has 2 heterocycles. The maximum absolute atomic E-state index is 12.8. The molecule has 3 aromatic rings. The minimum absolute atomic E-state index is 0.149. The highest BCUT2D eigenvalue weighted by molar-refractivity contribution is 7.14. The largest absolute Gasteiger partial charge is 0.469 e. The Morgan fingerprint density at radius 2 is 1.77 bits per heavy atom. The van der Waals surface area contributed by atoms with Gasteiger partial charge in [0, 0.05) is 27.5 Å². The van der Waals surface area contributed by atoms with Crippen LogP contribution in [0.3, 0.4) is 0 Å². The topological polar surface area (TPSA) is 48.3 Å². The van der Waals surface area contributed by atoms with Crippen molar-refractivity contribution in [2.24, 2.45) is 0 Å². The van der Waals surface area contributed by atoms with Gasteiger partial charge in [-0.3, -0.25) is 9.59 Å². The van der Waals surface area contributed by atoms with E-state index in [9.17, 15) is 9.59 Å². The van der Waals surface area contributed by atoms with Crippen molar-refractivity contribution in [3.8, 4) is 5.69 Å². The Morgan fingerprint density at radius 1 is 1.08 bits per heavy atom. The van der Waals surface area contributed by atoms with E-state index >= 15 is 0 Å². The molecule has 0 bridgehead atoms. The molecule has 0 spiro atoms. The minimum Gasteiger partial charge on any atom is -0.469 e. The first-order valence-electron chi connectivity index (χ1n) is 8.06. The molecule has 134 valence electrons. The number of ketones is 1. The third-order valence-corrected chi connectivity index (χ3v) is 5.56. The van der Waals surface area contributed by atoms with Crippen molar-refractivity contribution in [3.63, 3.8) is 0 Å². The number of benzene rings is 1. The molecule has 0 atom stereocenters. The number of hydrogen-bond donors (Lipinski definition) is 0. The average Bonchev–Trinajstić information content (AvgIpc) is 3.20. The first kappa shape index (κ1) is 18.4. The summed E-state index contributed by atoms with van der Waals surface area (Å²) >= 11 is 7.69. The van der Waals surface area contributed by atoms with Crippen molar-refractivity contribution in [1.29, 1.82) is 0 Å². The summed E-state index contributed by atoms with van der Waals surface area (Å²) in [5.41, 5.74) is 3.57. The molecule has 0 N–H and O–H groups in total. The molecule has 0 aliphatic heterocycles. The van der Waals surface area contributed by atoms with Crippen molar-refractivity contribution < 1.29 is 14.3 Å². The van der Waals surface area contributed by atoms with Crippen LogP contribution in [0.4, 0.5) is 0 Å². The van der Waals surface area contributed by atoms with Crippen molar-refractivity contribution in [2.75, 3.05) is 7.11 Å². The van der Waals surface area contributed by atoms with Gasteiger partial charge in [-0.05, 0) is 56.3 Å². The number of carbonyl (C=O) groups is 2. The number of aromatic nitrogens is 1. The SMILES string of the molecule is COC(=O)Cc1ccc(C(=O)c2ccc(-n3c(C)ccc3C)cc2Cl)s1. The molecule has 0 saturated heterocycles. The van der Waals surface area contributed by atoms with E-state index in [1.807, 2.05) is 32.0 Å². The zero-order valence-electron chi connectivity index (χ0n) is 14.7. The summed E-state index contributed by atoms with van der Waals surface area (Å²) in [6, 6.07) is 13.0. The number of ether oxygens (including phenoxy) is 1. The predicted molar refractivity (Wildman–Crippen MR) is 104 cm³/mol. The van der Waals surface area contributed by atoms with Gasteiger partial charge in [-0.1, -0.05) is 11.6 Å². The van der Waals surface area contributed by atoms with Crippen LogP contribution in [0.25, 0.3) is 5.69 Å². The summed E-state index contributed by atoms with van der Waals surface area (Å²) < 4.78 is 6.74. The Labute approximate surface area is 161 Å². The van der Waals surface area contributed by atoms with Crippen LogP contribution in [0.1, 0.15) is 31.5 Å². The van der Waals surface area contributed by atoms with Gasteiger partial charge in [0.2, 0.25) is 5.78 Å². The lowest BCUT2D eigenvalue weighted by molar-refractivity contribution is -0.139. The van der Waals surface area contributed by atoms with Gasteiger partial charge in [-0.25, -0.2) is 0 Å². The fourth-order valence-corrected chi connectivity index (χ4v) is 4.05. The van der Waals surface area contributed by atoms with E-state index in [-0.39, 0.29) is 18.2 Å². The predicted octanol–water partition coefficient (Wildman–Crippen LogP) is 4.76. The van der Waals surface area contributed by atoms with Gasteiger partial charge in [0.25, 0.3) is 0 Å². The van der Waals surface area contributed by atoms with E-state index in [1.54, 1.807) is 24.3 Å². The summed E-state index contributed by atoms with van der Waals surface area (Å²) in [6.45, 7) is 4.04. The number of hydrogen-bond acceptors (Lipinski definition) is 4. The van der Waals surface area contributed by atoms with E-state index < -0.39 is 0 Å². The molecule has 0 saturated carbocycles. The second kappa shape index (κ2) is 7.48. The van der Waals surface area contributed by atoms with Crippen LogP contribution in [-0.2, 0) is 16.0 Å². The van der Waals surface area contributed by atoms with Crippen molar-refractivity contribution in [3.05, 3.63) is 74.2 Å². The Kier molecular flexibility index (Phi) is 5.30. The van der Waals surface area contributed by atoms with Gasteiger partial charge in [-0.2, -0.15) is 0 Å². The Hall–Kier alpha value is -2.37. The number of rotatable bonds is 5. The second-order valence-corrected chi connectivity index (χ2v) is 7.54. The smallest absolute Gasteiger partial charge is 0.310 e. The third kappa shape index (κ3) is 3.59. The molecule has 0 radical (unpaired) electrons. The van der Waals surface area contributed by atoms with Crippen molar-refractivity contribution in [2.45, 2.75) is 20.3 Å². The standard InChI is InChI=1S/C20H18ClNO3S/c1-12-4-5-13(2)22(12)14-6-8-16(17(21)10-14)20(24)18-9-7-15(26-18)11-19(23)25-3/h4-10H,11H2,1-3H3. The lowest BCUT2D eigenvalue weighted by Gasteiger charge is -2.11. The summed E-state index contributed by atoms with van der Waals surface area (Å²) in [5, 5.41) is 0.405. The molecule has 0 amide bonds. The molecule has 0 fully saturated rings. The first-order valence-corrected chi connectivity index (χ1v) is 9.25. The normalized spacial score (nSPS) is 10.8. The third-order valence-electron chi connectivity index (χ3n) is 4.16. The minimum atomic E-state index is -0.328. The molecular weight excluding hydrogens is 370 g/mol. The van der Waals surface area contributed by atoms with Gasteiger partial charge >= 0.3 is 5.97 Å². The fraction of sp³-hybridized carbons (Fsp3) is 0.200. The maximum atomic E-state index is 12.8. The molecule has 26 heavy (non-hydrogen) atoms. The number of esters is 1. The van der Waals surface area contributed by atoms with E-state index in [1.165, 1.54) is 18.4 Å². The van der Waals surface area contributed by atoms with Gasteiger partial charge in [-0.15, -0.1) is 11.3 Å². The number of methoxy groups -OCH3 is 1. The van der Waals surface area contributed by atoms with Crippen LogP contribution in [0.5, 0.6) is 0 Å². The van der Waals surface area contributed by atoms with E-state index in [0.29, 0.717) is 15.5 Å². The van der Waals surface area contributed by atoms with Crippen molar-refractivity contribution >= 4 is 34.7 Å². The van der Waals surface area contributed by atoms with Crippen LogP contribution >= 0.6 is 22.9 Å². The summed E-state index contributed by atoms with van der Waals surface area (Å²) in [7, 11) is 1.34. The Bertz CT molecular complexity index is 967. The Balaban J connectivity index is 1.88. The second-order valence-electron chi connectivity index (χ2n) is 5.96. The summed E-state index contributed by atoms with van der Waals surface area (Å²) in [4.78, 5) is 25.5. The van der Waals surface area contributed by atoms with Crippen LogP contribution in [0.15, 0.2) is 42.5 Å². The van der Waals surface area contributed by atoms with Gasteiger partial charge in [0.05, 0.1) is 23.4 Å². The molecular formula is C20H18ClNO3S. The number of carbonyl (C=O) groups excluding carboxylic acids is 2. The first-order chi connectivity index (χ1) is 12.4. The van der Waals surface area contributed by atoms with Gasteiger partial charge in [0.15, 0.2) is 0 Å². The summed E-state index contributed by atoms with van der Waals surface area (Å²) in [5.74, 6) is -0.477. The van der Waals surface area contributed by atoms with E-state index in [4.69, 9.17) is 11.6 Å². The maximum Gasteiger partial charge on any atom is 0.310 e. The number of nitrogens with zero attached hydrogens (tertiary/aromatic N) is 1.